The highest BCUT2D eigenvalue weighted by Gasteiger charge is 2.37. The number of carbonyl (C=O) groups excluding carboxylic acids is 1. The number of nitriles is 1. The molecule has 0 bridgehead atoms. The van der Waals surface area contributed by atoms with Gasteiger partial charge in [0.15, 0.2) is 5.76 Å². The molecule has 0 unspecified atom stereocenters. The number of fused-ring (bicyclic) bond motifs is 1. The van der Waals surface area contributed by atoms with Gasteiger partial charge in [0.2, 0.25) is 11.9 Å². The van der Waals surface area contributed by atoms with Gasteiger partial charge in [-0.3, -0.25) is 4.79 Å². The lowest BCUT2D eigenvalue weighted by Crippen LogP contribution is -2.46. The number of alkyl halides is 3. The molecule has 12 heteroatoms. The Morgan fingerprint density at radius 3 is 2.56 bits per heavy atom. The van der Waals surface area contributed by atoms with Crippen molar-refractivity contribution in [3.05, 3.63) is 53.4 Å². The van der Waals surface area contributed by atoms with Gasteiger partial charge in [-0.25, -0.2) is 9.97 Å². The van der Waals surface area contributed by atoms with Crippen molar-refractivity contribution < 1.29 is 22.4 Å². The van der Waals surface area contributed by atoms with Crippen molar-refractivity contribution in [1.82, 2.24) is 19.8 Å². The minimum atomic E-state index is -4.70. The van der Waals surface area contributed by atoms with Crippen LogP contribution in [0.3, 0.4) is 0 Å². The monoisotopic (exact) mass is 539 g/mol. The maximum absolute atomic E-state index is 13.9. The second-order valence-electron chi connectivity index (χ2n) is 9.51. The van der Waals surface area contributed by atoms with Crippen molar-refractivity contribution in [2.24, 2.45) is 0 Å². The molecule has 5 rings (SSSR count). The molecule has 1 N–H and O–H groups in total. The number of hydrogen-bond acceptors (Lipinski definition) is 8. The Labute approximate surface area is 223 Å². The normalized spacial score (nSPS) is 16.1. The molecule has 3 aromatic rings. The lowest BCUT2D eigenvalue weighted by atomic mass is 10.1. The number of likely N-dealkylation sites (N-methyl/N-ethyl adjacent to an activating group) is 1. The number of amides is 1. The molecule has 2 aromatic heterocycles. The first-order valence-corrected chi connectivity index (χ1v) is 12.8. The lowest BCUT2D eigenvalue weighted by Gasteiger charge is -2.35. The summed E-state index contributed by atoms with van der Waals surface area (Å²) in [5.74, 6) is 0.128. The first-order chi connectivity index (χ1) is 18.7. The van der Waals surface area contributed by atoms with Crippen LogP contribution in [0.1, 0.15) is 30.2 Å². The van der Waals surface area contributed by atoms with Crippen LogP contribution < -0.4 is 10.2 Å². The Morgan fingerprint density at radius 2 is 1.90 bits per heavy atom. The predicted molar refractivity (Wildman–Crippen MR) is 138 cm³/mol. The molecule has 0 radical (unpaired) electrons. The van der Waals surface area contributed by atoms with Gasteiger partial charge in [0, 0.05) is 68.8 Å². The van der Waals surface area contributed by atoms with Gasteiger partial charge in [-0.05, 0) is 36.9 Å². The minimum absolute atomic E-state index is 0.00232. The second kappa shape index (κ2) is 10.9. The molecule has 0 saturated carbocycles. The zero-order valence-electron chi connectivity index (χ0n) is 21.5. The molecule has 9 nitrogen and oxygen atoms in total. The molecule has 0 atom stereocenters. The Kier molecular flexibility index (Phi) is 7.43. The summed E-state index contributed by atoms with van der Waals surface area (Å²) in [6.45, 7) is 7.55. The summed E-state index contributed by atoms with van der Waals surface area (Å²) in [5.41, 5.74) is 0.919. The number of piperazine rings is 1. The van der Waals surface area contributed by atoms with E-state index in [1.165, 1.54) is 11.0 Å². The quantitative estimate of drug-likeness (QED) is 0.491. The summed E-state index contributed by atoms with van der Waals surface area (Å²) in [6.07, 6.45) is -3.87. The third kappa shape index (κ3) is 5.83. The number of nitrogens with one attached hydrogen (secondary N) is 1. The molecule has 2 aliphatic heterocycles. The van der Waals surface area contributed by atoms with Gasteiger partial charge in [-0.2, -0.15) is 18.4 Å². The number of rotatable bonds is 6. The van der Waals surface area contributed by atoms with Crippen LogP contribution >= 0.6 is 0 Å². The largest absolute Gasteiger partial charge is 0.459 e. The van der Waals surface area contributed by atoms with Gasteiger partial charge < -0.3 is 24.4 Å². The smallest absolute Gasteiger partial charge is 0.420 e. The molecule has 0 aliphatic carbocycles. The summed E-state index contributed by atoms with van der Waals surface area (Å²) in [6, 6.07) is 10.9. The lowest BCUT2D eigenvalue weighted by molar-refractivity contribution is -0.137. The van der Waals surface area contributed by atoms with E-state index in [1.54, 1.807) is 0 Å². The number of carbonyl (C=O) groups is 1. The number of hydrogen-bond donors (Lipinski definition) is 1. The number of furan rings is 1. The Balaban J connectivity index is 1.36. The zero-order valence-corrected chi connectivity index (χ0v) is 21.5. The van der Waals surface area contributed by atoms with Crippen LogP contribution in [0.25, 0.3) is 11.5 Å². The number of halogens is 3. The third-order valence-electron chi connectivity index (χ3n) is 7.09. The minimum Gasteiger partial charge on any atom is -0.459 e. The van der Waals surface area contributed by atoms with Crippen LogP contribution in [0.15, 0.2) is 40.9 Å². The topological polar surface area (TPSA) is 102 Å². The van der Waals surface area contributed by atoms with Crippen molar-refractivity contribution in [1.29, 1.82) is 5.26 Å². The molecule has 1 fully saturated rings. The van der Waals surface area contributed by atoms with Crippen molar-refractivity contribution >= 4 is 23.2 Å². The SMILES string of the molecule is CCN1CCN(c2ccc(Nc3ncc(C(F)(F)F)c(-c4cc5c(o4)CCN(C(=O)CC#N)C5)n3)cc2)CC1. The molecule has 2 aliphatic rings. The van der Waals surface area contributed by atoms with Crippen molar-refractivity contribution in [3.8, 4) is 17.5 Å². The molecular formula is C27H28F3N7O2. The fourth-order valence-electron chi connectivity index (χ4n) is 4.89. The maximum atomic E-state index is 13.9. The zero-order chi connectivity index (χ0) is 27.6. The van der Waals surface area contributed by atoms with Gasteiger partial charge in [0.05, 0.1) is 6.07 Å². The van der Waals surface area contributed by atoms with Gasteiger partial charge in [-0.15, -0.1) is 0 Å². The van der Waals surface area contributed by atoms with E-state index in [2.05, 4.69) is 32.0 Å². The fourth-order valence-corrected chi connectivity index (χ4v) is 4.89. The van der Waals surface area contributed by atoms with Gasteiger partial charge in [-0.1, -0.05) is 6.92 Å². The van der Waals surface area contributed by atoms with E-state index in [0.29, 0.717) is 30.0 Å². The molecule has 4 heterocycles. The van der Waals surface area contributed by atoms with Crippen molar-refractivity contribution in [3.63, 3.8) is 0 Å². The molecule has 1 amide bonds. The van der Waals surface area contributed by atoms with E-state index in [-0.39, 0.29) is 36.3 Å². The van der Waals surface area contributed by atoms with Gasteiger partial charge >= 0.3 is 6.18 Å². The van der Waals surface area contributed by atoms with Crippen LogP contribution in [-0.2, 0) is 23.9 Å². The average Bonchev–Trinajstić information content (AvgIpc) is 3.37. The average molecular weight is 540 g/mol. The standard InChI is InChI=1S/C27H28F3N7O2/c1-2-35-11-13-36(14-12-35)20-5-3-19(4-6-20)33-26-32-16-21(27(28,29)30)25(34-26)23-15-18-17-37(24(38)7-9-31)10-8-22(18)39-23/h3-6,15-16H,2,7-8,10-14,17H2,1H3,(H,32,33,34). The van der Waals surface area contributed by atoms with Crippen LogP contribution in [0.5, 0.6) is 0 Å². The number of aromatic nitrogens is 2. The van der Waals surface area contributed by atoms with Crippen LogP contribution in [0.4, 0.5) is 30.5 Å². The third-order valence-corrected chi connectivity index (χ3v) is 7.09. The predicted octanol–water partition coefficient (Wildman–Crippen LogP) is 4.44. The van der Waals surface area contributed by atoms with Crippen LogP contribution in [0.2, 0.25) is 0 Å². The van der Waals surface area contributed by atoms with Gasteiger partial charge in [0.25, 0.3) is 0 Å². The highest BCUT2D eigenvalue weighted by atomic mass is 19.4. The highest BCUT2D eigenvalue weighted by Crippen LogP contribution is 2.38. The molecule has 0 spiro atoms. The Morgan fingerprint density at radius 1 is 1.15 bits per heavy atom. The molecule has 1 saturated heterocycles. The number of anilines is 3. The first-order valence-electron chi connectivity index (χ1n) is 12.8. The van der Waals surface area contributed by atoms with E-state index in [1.807, 2.05) is 30.3 Å². The first kappa shape index (κ1) is 26.5. The molecule has 204 valence electrons. The van der Waals surface area contributed by atoms with E-state index in [9.17, 15) is 18.0 Å². The fraction of sp³-hybridized carbons (Fsp3) is 0.407. The van der Waals surface area contributed by atoms with E-state index < -0.39 is 11.7 Å². The Bertz CT molecular complexity index is 1370. The Hall–Kier alpha value is -4.11. The van der Waals surface area contributed by atoms with Crippen molar-refractivity contribution in [2.45, 2.75) is 32.5 Å². The summed E-state index contributed by atoms with van der Waals surface area (Å²) in [5, 5.41) is 11.8. The molecule has 39 heavy (non-hydrogen) atoms. The summed E-state index contributed by atoms with van der Waals surface area (Å²) < 4.78 is 47.4. The van der Waals surface area contributed by atoms with Gasteiger partial charge in [0.1, 0.15) is 23.4 Å². The molecular weight excluding hydrogens is 511 g/mol. The number of nitrogens with zero attached hydrogens (tertiary/aromatic N) is 6. The number of benzene rings is 1. The molecule has 1 aromatic carbocycles. The van der Waals surface area contributed by atoms with E-state index in [0.717, 1.165) is 44.6 Å². The van der Waals surface area contributed by atoms with Crippen molar-refractivity contribution in [2.75, 3.05) is 49.5 Å². The summed E-state index contributed by atoms with van der Waals surface area (Å²) >= 11 is 0. The maximum Gasteiger partial charge on any atom is 0.420 e. The summed E-state index contributed by atoms with van der Waals surface area (Å²) in [4.78, 5) is 26.4. The van der Waals surface area contributed by atoms with Crippen LogP contribution in [0, 0.1) is 11.3 Å². The van der Waals surface area contributed by atoms with Crippen LogP contribution in [-0.4, -0.2) is 64.9 Å². The highest BCUT2D eigenvalue weighted by molar-refractivity contribution is 5.78. The van der Waals surface area contributed by atoms with E-state index in [4.69, 9.17) is 9.68 Å². The summed E-state index contributed by atoms with van der Waals surface area (Å²) in [7, 11) is 0. The second-order valence-corrected chi connectivity index (χ2v) is 9.51. The van der Waals surface area contributed by atoms with E-state index >= 15 is 0 Å².